The second-order valence-corrected chi connectivity index (χ2v) is 9.39. The minimum Gasteiger partial charge on any atom is -0.497 e. The fourth-order valence-electron chi connectivity index (χ4n) is 4.32. The van der Waals surface area contributed by atoms with Gasteiger partial charge in [-0.25, -0.2) is 0 Å². The highest BCUT2D eigenvalue weighted by Crippen LogP contribution is 2.24. The lowest BCUT2D eigenvalue weighted by Crippen LogP contribution is -2.52. The first-order valence-electron chi connectivity index (χ1n) is 11.6. The largest absolute Gasteiger partial charge is 0.497 e. The predicted octanol–water partition coefficient (Wildman–Crippen LogP) is 5.80. The van der Waals surface area contributed by atoms with Gasteiger partial charge in [-0.15, -0.1) is 0 Å². The van der Waals surface area contributed by atoms with Crippen molar-refractivity contribution in [1.29, 1.82) is 0 Å². The van der Waals surface area contributed by atoms with Crippen LogP contribution in [0.25, 0.3) is 0 Å². The Hall–Kier alpha value is -2.24. The molecule has 1 atom stereocenters. The average Bonchev–Trinajstić information content (AvgIpc) is 2.81. The molecule has 2 aromatic rings. The molecular formula is C26H32Cl2N2O3. The third-order valence-electron chi connectivity index (χ3n) is 6.21. The summed E-state index contributed by atoms with van der Waals surface area (Å²) in [6.45, 7) is 2.26. The van der Waals surface area contributed by atoms with Crippen LogP contribution in [0.15, 0.2) is 42.5 Å². The molecular weight excluding hydrogens is 459 g/mol. The second-order valence-electron chi connectivity index (χ2n) is 8.55. The van der Waals surface area contributed by atoms with Crippen LogP contribution in [-0.4, -0.2) is 35.9 Å². The van der Waals surface area contributed by atoms with E-state index in [0.29, 0.717) is 28.6 Å². The van der Waals surface area contributed by atoms with E-state index in [0.717, 1.165) is 37.0 Å². The van der Waals surface area contributed by atoms with Crippen molar-refractivity contribution in [1.82, 2.24) is 10.2 Å². The minimum atomic E-state index is -0.562. The van der Waals surface area contributed by atoms with Crippen molar-refractivity contribution in [2.45, 2.75) is 70.5 Å². The number of nitrogens with one attached hydrogen (secondary N) is 1. The number of amides is 2. The quantitative estimate of drug-likeness (QED) is 0.482. The molecule has 1 N–H and O–H groups in total. The predicted molar refractivity (Wildman–Crippen MR) is 133 cm³/mol. The third kappa shape index (κ3) is 7.12. The maximum atomic E-state index is 13.5. The summed E-state index contributed by atoms with van der Waals surface area (Å²) >= 11 is 12.3. The Morgan fingerprint density at radius 1 is 1.09 bits per heavy atom. The Kier molecular flexibility index (Phi) is 9.45. The van der Waals surface area contributed by atoms with Gasteiger partial charge in [0.1, 0.15) is 11.8 Å². The van der Waals surface area contributed by atoms with E-state index < -0.39 is 6.04 Å². The van der Waals surface area contributed by atoms with Crippen LogP contribution in [0.3, 0.4) is 0 Å². The molecule has 1 aliphatic carbocycles. The Morgan fingerprint density at radius 3 is 2.39 bits per heavy atom. The standard InChI is InChI=1S/C26H32Cl2N2O3/c1-3-24(26(32)29-21-7-5-4-6-8-21)30(17-18-9-13-22(33-2)14-10-18)25(31)15-19-11-12-20(27)16-23(19)28/h9-14,16,21,24H,3-8,15,17H2,1-2H3,(H,29,32)/t24-/m0/s1. The van der Waals surface area contributed by atoms with Crippen LogP contribution in [-0.2, 0) is 22.6 Å². The van der Waals surface area contributed by atoms with Crippen LogP contribution in [0.5, 0.6) is 5.75 Å². The van der Waals surface area contributed by atoms with E-state index in [2.05, 4.69) is 5.32 Å². The van der Waals surface area contributed by atoms with Gasteiger partial charge < -0.3 is 15.0 Å². The number of nitrogens with zero attached hydrogens (tertiary/aromatic N) is 1. The maximum absolute atomic E-state index is 13.5. The van der Waals surface area contributed by atoms with Crippen LogP contribution >= 0.6 is 23.2 Å². The van der Waals surface area contributed by atoms with Crippen molar-refractivity contribution in [3.8, 4) is 5.75 Å². The molecule has 1 aliphatic rings. The van der Waals surface area contributed by atoms with E-state index in [1.54, 1.807) is 30.2 Å². The highest BCUT2D eigenvalue weighted by atomic mass is 35.5. The number of rotatable bonds is 9. The first kappa shape index (κ1) is 25.4. The normalized spacial score (nSPS) is 15.0. The number of carbonyl (C=O) groups excluding carboxylic acids is 2. The number of hydrogen-bond donors (Lipinski definition) is 1. The lowest BCUT2D eigenvalue weighted by atomic mass is 9.95. The molecule has 1 fully saturated rings. The topological polar surface area (TPSA) is 58.6 Å². The molecule has 33 heavy (non-hydrogen) atoms. The molecule has 3 rings (SSSR count). The molecule has 0 unspecified atom stereocenters. The lowest BCUT2D eigenvalue weighted by molar-refractivity contribution is -0.141. The zero-order valence-electron chi connectivity index (χ0n) is 19.3. The molecule has 2 aromatic carbocycles. The molecule has 0 aromatic heterocycles. The van der Waals surface area contributed by atoms with Crippen molar-refractivity contribution in [3.05, 3.63) is 63.6 Å². The number of hydrogen-bond acceptors (Lipinski definition) is 3. The summed E-state index contributed by atoms with van der Waals surface area (Å²) in [5.41, 5.74) is 1.61. The van der Waals surface area contributed by atoms with Crippen LogP contribution in [0.4, 0.5) is 0 Å². The zero-order chi connectivity index (χ0) is 23.8. The number of ether oxygens (including phenoxy) is 1. The summed E-state index contributed by atoms with van der Waals surface area (Å²) in [7, 11) is 1.61. The van der Waals surface area contributed by atoms with E-state index in [4.69, 9.17) is 27.9 Å². The molecule has 2 amide bonds. The van der Waals surface area contributed by atoms with Crippen LogP contribution in [0.2, 0.25) is 10.0 Å². The molecule has 5 nitrogen and oxygen atoms in total. The molecule has 0 bridgehead atoms. The summed E-state index contributed by atoms with van der Waals surface area (Å²) in [4.78, 5) is 28.4. The van der Waals surface area contributed by atoms with E-state index in [9.17, 15) is 9.59 Å². The molecule has 0 heterocycles. The van der Waals surface area contributed by atoms with E-state index >= 15 is 0 Å². The molecule has 178 valence electrons. The monoisotopic (exact) mass is 490 g/mol. The Bertz CT molecular complexity index is 943. The summed E-state index contributed by atoms with van der Waals surface area (Å²) in [5.74, 6) is 0.501. The second kappa shape index (κ2) is 12.3. The van der Waals surface area contributed by atoms with Crippen molar-refractivity contribution >= 4 is 35.0 Å². The summed E-state index contributed by atoms with van der Waals surface area (Å²) < 4.78 is 5.24. The van der Waals surface area contributed by atoms with Crippen molar-refractivity contribution < 1.29 is 14.3 Å². The molecule has 0 radical (unpaired) electrons. The fraction of sp³-hybridized carbons (Fsp3) is 0.462. The highest BCUT2D eigenvalue weighted by molar-refractivity contribution is 6.35. The molecule has 7 heteroatoms. The van der Waals surface area contributed by atoms with E-state index in [-0.39, 0.29) is 24.3 Å². The summed E-state index contributed by atoms with van der Waals surface area (Å²) in [5, 5.41) is 4.16. The Labute approximate surface area is 206 Å². The van der Waals surface area contributed by atoms with Gasteiger partial charge in [0.2, 0.25) is 11.8 Å². The molecule has 0 saturated heterocycles. The van der Waals surface area contributed by atoms with Crippen molar-refractivity contribution in [2.75, 3.05) is 7.11 Å². The van der Waals surface area contributed by atoms with Gasteiger partial charge in [-0.3, -0.25) is 9.59 Å². The number of methoxy groups -OCH3 is 1. The van der Waals surface area contributed by atoms with Gasteiger partial charge in [-0.05, 0) is 54.7 Å². The Morgan fingerprint density at radius 2 is 1.79 bits per heavy atom. The number of benzene rings is 2. The molecule has 0 aliphatic heterocycles. The van der Waals surface area contributed by atoms with Crippen LogP contribution < -0.4 is 10.1 Å². The summed E-state index contributed by atoms with van der Waals surface area (Å²) in [6, 6.07) is 12.3. The lowest BCUT2D eigenvalue weighted by Gasteiger charge is -2.33. The van der Waals surface area contributed by atoms with E-state index in [1.165, 1.54) is 6.42 Å². The average molecular weight is 491 g/mol. The van der Waals surface area contributed by atoms with Crippen molar-refractivity contribution in [2.24, 2.45) is 0 Å². The first-order chi connectivity index (χ1) is 15.9. The van der Waals surface area contributed by atoms with Crippen LogP contribution in [0.1, 0.15) is 56.6 Å². The Balaban J connectivity index is 1.82. The zero-order valence-corrected chi connectivity index (χ0v) is 20.8. The van der Waals surface area contributed by atoms with Gasteiger partial charge in [0.25, 0.3) is 0 Å². The molecule has 1 saturated carbocycles. The van der Waals surface area contributed by atoms with Gasteiger partial charge in [0.15, 0.2) is 0 Å². The fourth-order valence-corrected chi connectivity index (χ4v) is 4.80. The molecule has 0 spiro atoms. The smallest absolute Gasteiger partial charge is 0.243 e. The SMILES string of the molecule is CC[C@@H](C(=O)NC1CCCCC1)N(Cc1ccc(OC)cc1)C(=O)Cc1ccc(Cl)cc1Cl. The minimum absolute atomic E-state index is 0.0894. The van der Waals surface area contributed by atoms with Gasteiger partial charge in [0.05, 0.1) is 13.5 Å². The van der Waals surface area contributed by atoms with Gasteiger partial charge in [-0.2, -0.15) is 0 Å². The number of halogens is 2. The van der Waals surface area contributed by atoms with Gasteiger partial charge >= 0.3 is 0 Å². The number of carbonyl (C=O) groups is 2. The van der Waals surface area contributed by atoms with Crippen molar-refractivity contribution in [3.63, 3.8) is 0 Å². The van der Waals surface area contributed by atoms with Gasteiger partial charge in [0, 0.05) is 22.6 Å². The highest BCUT2D eigenvalue weighted by Gasteiger charge is 2.30. The first-order valence-corrected chi connectivity index (χ1v) is 12.3. The van der Waals surface area contributed by atoms with E-state index in [1.807, 2.05) is 31.2 Å². The van der Waals surface area contributed by atoms with Gasteiger partial charge in [-0.1, -0.05) is 67.6 Å². The van der Waals surface area contributed by atoms with Crippen LogP contribution in [0, 0.1) is 0 Å². The third-order valence-corrected chi connectivity index (χ3v) is 6.79. The maximum Gasteiger partial charge on any atom is 0.243 e. The summed E-state index contributed by atoms with van der Waals surface area (Å²) in [6.07, 6.45) is 6.09.